The highest BCUT2D eigenvalue weighted by Gasteiger charge is 2.06. The van der Waals surface area contributed by atoms with Gasteiger partial charge in [-0.1, -0.05) is 0 Å². The average Bonchev–Trinajstić information content (AvgIpc) is 2.17. The first-order chi connectivity index (χ1) is 7.56. The van der Waals surface area contributed by atoms with Crippen LogP contribution in [0.1, 0.15) is 19.3 Å². The van der Waals surface area contributed by atoms with Gasteiger partial charge in [0.05, 0.1) is 19.0 Å². The fourth-order valence-electron chi connectivity index (χ4n) is 1.14. The summed E-state index contributed by atoms with van der Waals surface area (Å²) in [5, 5.41) is 19.3. The number of nitrogens with one attached hydrogen (secondary N) is 1. The van der Waals surface area contributed by atoms with E-state index in [-0.39, 0.29) is 18.9 Å². The van der Waals surface area contributed by atoms with Crippen molar-refractivity contribution < 1.29 is 14.7 Å². The number of carbonyl (C=O) groups is 2. The van der Waals surface area contributed by atoms with Crippen LogP contribution >= 0.6 is 0 Å². The zero-order valence-electron chi connectivity index (χ0n) is 9.40. The van der Waals surface area contributed by atoms with E-state index in [1.54, 1.807) is 11.9 Å². The highest BCUT2D eigenvalue weighted by molar-refractivity contribution is 5.77. The van der Waals surface area contributed by atoms with Crippen LogP contribution in [0.25, 0.3) is 0 Å². The number of carbonyl (C=O) groups excluding carboxylic acids is 1. The quantitative estimate of drug-likeness (QED) is 0.561. The predicted octanol–water partition coefficient (Wildman–Crippen LogP) is -0.187. The van der Waals surface area contributed by atoms with Crippen LogP contribution < -0.4 is 5.32 Å². The van der Waals surface area contributed by atoms with Crippen LogP contribution in [0.15, 0.2) is 0 Å². The highest BCUT2D eigenvalue weighted by Crippen LogP contribution is 1.92. The number of hydrogen-bond donors (Lipinski definition) is 2. The topological polar surface area (TPSA) is 93.4 Å². The number of aliphatic carboxylic acids is 1. The number of carboxylic acid groups (broad SMARTS) is 1. The summed E-state index contributed by atoms with van der Waals surface area (Å²) in [7, 11) is 1.76. The lowest BCUT2D eigenvalue weighted by Crippen LogP contribution is -2.36. The van der Waals surface area contributed by atoms with Crippen molar-refractivity contribution in [3.05, 3.63) is 0 Å². The molecule has 90 valence electrons. The van der Waals surface area contributed by atoms with Gasteiger partial charge in [-0.25, -0.2) is 0 Å². The number of carboxylic acids is 1. The summed E-state index contributed by atoms with van der Waals surface area (Å²) in [5.41, 5.74) is 0. The molecule has 0 aliphatic rings. The van der Waals surface area contributed by atoms with E-state index >= 15 is 0 Å². The van der Waals surface area contributed by atoms with Crippen LogP contribution in [-0.2, 0) is 9.59 Å². The summed E-state index contributed by atoms with van der Waals surface area (Å²) in [6.07, 6.45) is 0.937. The second kappa shape index (κ2) is 8.68. The van der Waals surface area contributed by atoms with Gasteiger partial charge in [0.25, 0.3) is 0 Å². The number of hydrogen-bond acceptors (Lipinski definition) is 4. The van der Waals surface area contributed by atoms with E-state index in [0.717, 1.165) is 0 Å². The molecule has 0 radical (unpaired) electrons. The molecule has 0 bridgehead atoms. The smallest absolute Gasteiger partial charge is 0.303 e. The van der Waals surface area contributed by atoms with Crippen LogP contribution in [0.2, 0.25) is 0 Å². The van der Waals surface area contributed by atoms with Crippen molar-refractivity contribution in [1.82, 2.24) is 10.2 Å². The maximum atomic E-state index is 11.2. The maximum Gasteiger partial charge on any atom is 0.303 e. The molecule has 6 heteroatoms. The van der Waals surface area contributed by atoms with Gasteiger partial charge in [-0.15, -0.1) is 0 Å². The SMILES string of the molecule is CN(CCCC(=O)O)CC(=O)NCCC#N. The first-order valence-electron chi connectivity index (χ1n) is 5.10. The molecule has 0 heterocycles. The van der Waals surface area contributed by atoms with E-state index in [1.165, 1.54) is 0 Å². The largest absolute Gasteiger partial charge is 0.481 e. The van der Waals surface area contributed by atoms with E-state index in [9.17, 15) is 9.59 Å². The fourth-order valence-corrected chi connectivity index (χ4v) is 1.14. The molecule has 0 saturated heterocycles. The summed E-state index contributed by atoms with van der Waals surface area (Å²) in [6.45, 7) is 1.15. The van der Waals surface area contributed by atoms with E-state index in [1.807, 2.05) is 6.07 Å². The summed E-state index contributed by atoms with van der Waals surface area (Å²) in [4.78, 5) is 23.3. The van der Waals surface area contributed by atoms with Gasteiger partial charge >= 0.3 is 5.97 Å². The third kappa shape index (κ3) is 8.97. The van der Waals surface area contributed by atoms with Crippen LogP contribution in [-0.4, -0.2) is 48.6 Å². The molecule has 0 aromatic carbocycles. The number of rotatable bonds is 8. The molecule has 0 aromatic heterocycles. The molecule has 0 aliphatic carbocycles. The average molecular weight is 227 g/mol. The molecule has 0 atom stereocenters. The summed E-state index contributed by atoms with van der Waals surface area (Å²) in [5.74, 6) is -0.972. The van der Waals surface area contributed by atoms with Crippen LogP contribution in [0.4, 0.5) is 0 Å². The monoisotopic (exact) mass is 227 g/mol. The van der Waals surface area contributed by atoms with Crippen LogP contribution in [0.5, 0.6) is 0 Å². The Labute approximate surface area is 94.8 Å². The second-order valence-corrected chi connectivity index (χ2v) is 3.49. The standard InChI is InChI=1S/C10H17N3O3/c1-13(7-2-4-10(15)16)8-9(14)12-6-3-5-11/h2-4,6-8H2,1H3,(H,12,14)(H,15,16). The van der Waals surface area contributed by atoms with Crippen molar-refractivity contribution in [2.75, 3.05) is 26.7 Å². The van der Waals surface area contributed by atoms with Crippen molar-refractivity contribution in [1.29, 1.82) is 5.26 Å². The number of nitriles is 1. The van der Waals surface area contributed by atoms with Gasteiger partial charge in [0.1, 0.15) is 0 Å². The minimum Gasteiger partial charge on any atom is -0.481 e. The Morgan fingerprint density at radius 3 is 2.75 bits per heavy atom. The number of likely N-dealkylation sites (N-methyl/N-ethyl adjacent to an activating group) is 1. The predicted molar refractivity (Wildman–Crippen MR) is 57.6 cm³/mol. The lowest BCUT2D eigenvalue weighted by Gasteiger charge is -2.15. The van der Waals surface area contributed by atoms with Crippen LogP contribution in [0.3, 0.4) is 0 Å². The Morgan fingerprint density at radius 2 is 2.19 bits per heavy atom. The maximum absolute atomic E-state index is 11.2. The molecule has 0 unspecified atom stereocenters. The molecule has 0 aromatic rings. The highest BCUT2D eigenvalue weighted by atomic mass is 16.4. The molecular weight excluding hydrogens is 210 g/mol. The summed E-state index contributed by atoms with van der Waals surface area (Å²) in [6, 6.07) is 1.93. The number of amides is 1. The molecular formula is C10H17N3O3. The van der Waals surface area contributed by atoms with Crippen LogP contribution in [0, 0.1) is 11.3 Å². The Bertz CT molecular complexity index is 273. The molecule has 16 heavy (non-hydrogen) atoms. The van der Waals surface area contributed by atoms with E-state index in [0.29, 0.717) is 25.9 Å². The summed E-state index contributed by atoms with van der Waals surface area (Å²) >= 11 is 0. The molecule has 0 spiro atoms. The Hall–Kier alpha value is -1.61. The van der Waals surface area contributed by atoms with Crippen molar-refractivity contribution in [2.45, 2.75) is 19.3 Å². The van der Waals surface area contributed by atoms with Gasteiger partial charge < -0.3 is 10.4 Å². The molecule has 1 amide bonds. The third-order valence-corrected chi connectivity index (χ3v) is 1.90. The Balaban J connectivity index is 3.54. The van der Waals surface area contributed by atoms with E-state index in [2.05, 4.69) is 5.32 Å². The van der Waals surface area contributed by atoms with Gasteiger partial charge in [0.15, 0.2) is 0 Å². The molecule has 6 nitrogen and oxygen atoms in total. The van der Waals surface area contributed by atoms with Crippen molar-refractivity contribution in [3.63, 3.8) is 0 Å². The number of nitrogens with zero attached hydrogens (tertiary/aromatic N) is 2. The Morgan fingerprint density at radius 1 is 1.50 bits per heavy atom. The van der Waals surface area contributed by atoms with Gasteiger partial charge in [-0.3, -0.25) is 14.5 Å². The molecule has 0 fully saturated rings. The zero-order chi connectivity index (χ0) is 12.4. The Kier molecular flexibility index (Phi) is 7.81. The van der Waals surface area contributed by atoms with Gasteiger partial charge in [0, 0.05) is 13.0 Å². The molecule has 0 saturated carbocycles. The lowest BCUT2D eigenvalue weighted by atomic mass is 10.3. The van der Waals surface area contributed by atoms with Crippen molar-refractivity contribution in [3.8, 4) is 6.07 Å². The van der Waals surface area contributed by atoms with E-state index < -0.39 is 5.97 Å². The minimum atomic E-state index is -0.827. The van der Waals surface area contributed by atoms with Crippen molar-refractivity contribution >= 4 is 11.9 Å². The van der Waals surface area contributed by atoms with Crippen molar-refractivity contribution in [2.24, 2.45) is 0 Å². The zero-order valence-corrected chi connectivity index (χ0v) is 9.40. The fraction of sp³-hybridized carbons (Fsp3) is 0.700. The van der Waals surface area contributed by atoms with Gasteiger partial charge in [0.2, 0.25) is 5.91 Å². The first-order valence-corrected chi connectivity index (χ1v) is 5.10. The molecule has 0 aliphatic heterocycles. The molecule has 2 N–H and O–H groups in total. The second-order valence-electron chi connectivity index (χ2n) is 3.49. The van der Waals surface area contributed by atoms with Gasteiger partial charge in [-0.2, -0.15) is 5.26 Å². The molecule has 0 rings (SSSR count). The normalized spacial score (nSPS) is 9.81. The van der Waals surface area contributed by atoms with E-state index in [4.69, 9.17) is 10.4 Å². The minimum absolute atomic E-state index is 0.111. The lowest BCUT2D eigenvalue weighted by molar-refractivity contribution is -0.137. The first kappa shape index (κ1) is 14.4. The summed E-state index contributed by atoms with van der Waals surface area (Å²) < 4.78 is 0. The third-order valence-electron chi connectivity index (χ3n) is 1.90. The van der Waals surface area contributed by atoms with Gasteiger partial charge in [-0.05, 0) is 20.0 Å².